The van der Waals surface area contributed by atoms with Crippen LogP contribution in [-0.2, 0) is 0 Å². The van der Waals surface area contributed by atoms with E-state index in [2.05, 4.69) is 20.0 Å². The number of imidazole rings is 1. The van der Waals surface area contributed by atoms with Crippen LogP contribution < -0.4 is 15.8 Å². The fourth-order valence-electron chi connectivity index (χ4n) is 3.04. The van der Waals surface area contributed by atoms with Crippen molar-refractivity contribution < 1.29 is 23.1 Å². The molecule has 0 unspecified atom stereocenters. The van der Waals surface area contributed by atoms with E-state index in [1.165, 1.54) is 35.0 Å². The molecule has 2 amide bonds. The lowest BCUT2D eigenvalue weighted by atomic mass is 10.1. The van der Waals surface area contributed by atoms with Gasteiger partial charge in [0.1, 0.15) is 17.8 Å². The largest absolute Gasteiger partial charge is 0.433 e. The summed E-state index contributed by atoms with van der Waals surface area (Å²) in [7, 11) is 0. The Balaban J connectivity index is 1.75. The number of nitrogens with zero attached hydrogens (tertiary/aromatic N) is 3. The number of anilines is 1. The number of amides is 2. The summed E-state index contributed by atoms with van der Waals surface area (Å²) in [4.78, 5) is 33.2. The van der Waals surface area contributed by atoms with Gasteiger partial charge in [-0.2, -0.15) is 8.78 Å². The van der Waals surface area contributed by atoms with E-state index in [0.29, 0.717) is 11.3 Å². The summed E-state index contributed by atoms with van der Waals surface area (Å²) in [6.07, 6.45) is 1.26. The van der Waals surface area contributed by atoms with Crippen molar-refractivity contribution in [2.45, 2.75) is 6.61 Å². The molecule has 0 aliphatic carbocycles. The summed E-state index contributed by atoms with van der Waals surface area (Å²) in [6, 6.07) is 14.4. The maximum atomic E-state index is 13.1. The Morgan fingerprint density at radius 2 is 1.88 bits per heavy atom. The number of carbonyl (C=O) groups excluding carboxylic acids is 2. The maximum absolute atomic E-state index is 13.1. The number of hydrogen-bond donors (Lipinski definition) is 2. The minimum atomic E-state index is -3.03. The molecule has 2 aromatic heterocycles. The minimum absolute atomic E-state index is 0.0895. The average molecular weight is 458 g/mol. The van der Waals surface area contributed by atoms with Gasteiger partial charge in [0.15, 0.2) is 11.3 Å². The van der Waals surface area contributed by atoms with E-state index < -0.39 is 18.4 Å². The maximum Gasteiger partial charge on any atom is 0.387 e. The van der Waals surface area contributed by atoms with E-state index in [-0.39, 0.29) is 33.5 Å². The topological polar surface area (TPSA) is 112 Å². The van der Waals surface area contributed by atoms with Gasteiger partial charge in [-0.3, -0.25) is 14.0 Å². The van der Waals surface area contributed by atoms with Crippen molar-refractivity contribution in [2.75, 3.05) is 5.32 Å². The van der Waals surface area contributed by atoms with Crippen molar-refractivity contribution in [2.24, 2.45) is 5.73 Å². The molecule has 2 heterocycles. The Morgan fingerprint density at radius 1 is 1.12 bits per heavy atom. The van der Waals surface area contributed by atoms with Crippen molar-refractivity contribution in [1.82, 2.24) is 14.4 Å². The van der Waals surface area contributed by atoms with Gasteiger partial charge in [-0.05, 0) is 24.3 Å². The van der Waals surface area contributed by atoms with Gasteiger partial charge in [0.2, 0.25) is 0 Å². The van der Waals surface area contributed by atoms with Crippen LogP contribution in [0, 0.1) is 0 Å². The molecular formula is C21H14ClF2N5O3. The molecule has 8 nitrogen and oxygen atoms in total. The Bertz CT molecular complexity index is 1330. The lowest BCUT2D eigenvalue weighted by Crippen LogP contribution is -2.17. The van der Waals surface area contributed by atoms with Gasteiger partial charge in [-0.1, -0.05) is 41.9 Å². The highest BCUT2D eigenvalue weighted by Gasteiger charge is 2.20. The fraction of sp³-hybridized carbons (Fsp3) is 0.0476. The molecule has 0 spiro atoms. The summed E-state index contributed by atoms with van der Waals surface area (Å²) in [5, 5.41) is 2.52. The number of fused-ring (bicyclic) bond motifs is 1. The second kappa shape index (κ2) is 8.60. The van der Waals surface area contributed by atoms with Gasteiger partial charge in [0.25, 0.3) is 11.8 Å². The second-order valence-corrected chi connectivity index (χ2v) is 6.93. The smallest absolute Gasteiger partial charge is 0.387 e. The molecular weight excluding hydrogens is 444 g/mol. The van der Waals surface area contributed by atoms with Crippen LogP contribution in [0.1, 0.15) is 21.0 Å². The number of aromatic nitrogens is 3. The van der Waals surface area contributed by atoms with Crippen LogP contribution in [0.15, 0.2) is 60.9 Å². The quantitative estimate of drug-likeness (QED) is 0.454. The summed E-state index contributed by atoms with van der Waals surface area (Å²) in [5.74, 6) is -1.60. The zero-order valence-electron chi connectivity index (χ0n) is 16.1. The first-order valence-corrected chi connectivity index (χ1v) is 9.50. The van der Waals surface area contributed by atoms with Crippen LogP contribution in [0.5, 0.6) is 5.75 Å². The zero-order chi connectivity index (χ0) is 22.8. The third kappa shape index (κ3) is 4.21. The molecule has 0 fully saturated rings. The first-order chi connectivity index (χ1) is 15.3. The number of rotatable bonds is 6. The zero-order valence-corrected chi connectivity index (χ0v) is 16.9. The monoisotopic (exact) mass is 457 g/mol. The predicted octanol–water partition coefficient (Wildman–Crippen LogP) is 4.00. The van der Waals surface area contributed by atoms with E-state index in [0.717, 1.165) is 0 Å². The molecule has 0 radical (unpaired) electrons. The normalized spacial score (nSPS) is 11.0. The first kappa shape index (κ1) is 21.2. The molecule has 32 heavy (non-hydrogen) atoms. The third-order valence-corrected chi connectivity index (χ3v) is 4.74. The highest BCUT2D eigenvalue weighted by Crippen LogP contribution is 2.29. The van der Waals surface area contributed by atoms with E-state index in [4.69, 9.17) is 17.3 Å². The second-order valence-electron chi connectivity index (χ2n) is 6.52. The third-order valence-electron chi connectivity index (χ3n) is 4.44. The van der Waals surface area contributed by atoms with Crippen LogP contribution in [0.2, 0.25) is 5.02 Å². The van der Waals surface area contributed by atoms with Crippen LogP contribution in [0.3, 0.4) is 0 Å². The number of benzene rings is 2. The lowest BCUT2D eigenvalue weighted by Gasteiger charge is -2.12. The molecule has 4 aromatic rings. The highest BCUT2D eigenvalue weighted by molar-refractivity contribution is 6.32. The van der Waals surface area contributed by atoms with Crippen LogP contribution >= 0.6 is 11.6 Å². The first-order valence-electron chi connectivity index (χ1n) is 9.12. The Kier molecular flexibility index (Phi) is 5.69. The van der Waals surface area contributed by atoms with Crippen LogP contribution in [0.4, 0.5) is 14.5 Å². The van der Waals surface area contributed by atoms with Gasteiger partial charge < -0.3 is 15.8 Å². The van der Waals surface area contributed by atoms with Crippen molar-refractivity contribution in [3.05, 3.63) is 77.3 Å². The number of halogens is 3. The van der Waals surface area contributed by atoms with Gasteiger partial charge in [-0.15, -0.1) is 0 Å². The number of nitrogens with two attached hydrogens (primary N) is 1. The molecule has 0 saturated heterocycles. The number of carbonyl (C=O) groups is 2. The van der Waals surface area contributed by atoms with Gasteiger partial charge >= 0.3 is 6.61 Å². The van der Waals surface area contributed by atoms with Crippen molar-refractivity contribution in [3.8, 4) is 17.0 Å². The van der Waals surface area contributed by atoms with E-state index in [9.17, 15) is 18.4 Å². The van der Waals surface area contributed by atoms with Gasteiger partial charge in [0, 0.05) is 11.3 Å². The van der Waals surface area contributed by atoms with Crippen molar-refractivity contribution in [1.29, 1.82) is 0 Å². The van der Waals surface area contributed by atoms with Crippen molar-refractivity contribution in [3.63, 3.8) is 0 Å². The standard InChI is InChI=1S/C21H14ClF2N5O3/c22-13-8-12(6-7-16(13)32-21(23)24)27-20(31)15-9-14(11-4-2-1-3-5-11)28-19-17(18(25)30)26-10-29(15)19/h1-10,21H,(H2,25,30)(H,27,31). The Labute approximate surface area is 184 Å². The molecule has 11 heteroatoms. The number of ether oxygens (including phenoxy) is 1. The van der Waals surface area contributed by atoms with Crippen LogP contribution in [-0.4, -0.2) is 32.8 Å². The lowest BCUT2D eigenvalue weighted by molar-refractivity contribution is -0.0497. The molecule has 162 valence electrons. The minimum Gasteiger partial charge on any atom is -0.433 e. The summed E-state index contributed by atoms with van der Waals surface area (Å²) in [6.45, 7) is -3.03. The SMILES string of the molecule is NC(=O)c1ncn2c(C(=O)Nc3ccc(OC(F)F)c(Cl)c3)cc(-c3ccccc3)nc12. The molecule has 0 aliphatic heterocycles. The summed E-state index contributed by atoms with van der Waals surface area (Å²) < 4.78 is 30.5. The van der Waals surface area contributed by atoms with Crippen LogP contribution in [0.25, 0.3) is 16.9 Å². The molecule has 2 aromatic carbocycles. The molecule has 0 aliphatic rings. The molecule has 0 bridgehead atoms. The molecule has 3 N–H and O–H groups in total. The number of hydrogen-bond acceptors (Lipinski definition) is 5. The Morgan fingerprint density at radius 3 is 2.53 bits per heavy atom. The summed E-state index contributed by atoms with van der Waals surface area (Å²) >= 11 is 5.96. The van der Waals surface area contributed by atoms with E-state index >= 15 is 0 Å². The fourth-order valence-corrected chi connectivity index (χ4v) is 3.27. The molecule has 0 saturated carbocycles. The summed E-state index contributed by atoms with van der Waals surface area (Å²) in [5.41, 5.74) is 6.89. The van der Waals surface area contributed by atoms with Gasteiger partial charge in [0.05, 0.1) is 10.7 Å². The predicted molar refractivity (Wildman–Crippen MR) is 113 cm³/mol. The van der Waals surface area contributed by atoms with E-state index in [1.807, 2.05) is 6.07 Å². The number of primary amides is 1. The van der Waals surface area contributed by atoms with Gasteiger partial charge in [-0.25, -0.2) is 9.97 Å². The highest BCUT2D eigenvalue weighted by atomic mass is 35.5. The molecule has 0 atom stereocenters. The Hall–Kier alpha value is -4.05. The average Bonchev–Trinajstić information content (AvgIpc) is 3.19. The van der Waals surface area contributed by atoms with Crippen molar-refractivity contribution >= 4 is 34.7 Å². The molecule has 4 rings (SSSR count). The number of nitrogens with one attached hydrogen (secondary N) is 1. The van der Waals surface area contributed by atoms with E-state index in [1.54, 1.807) is 24.3 Å². The number of alkyl halides is 2.